The zero-order chi connectivity index (χ0) is 13.6. The molecule has 0 bridgehead atoms. The first kappa shape index (κ1) is 18.3. The van der Waals surface area contributed by atoms with E-state index in [-0.39, 0.29) is 0 Å². The first-order chi connectivity index (χ1) is 8.74. The molecule has 0 heterocycles. The van der Waals surface area contributed by atoms with Crippen LogP contribution in [0.15, 0.2) is 0 Å². The van der Waals surface area contributed by atoms with E-state index in [0.29, 0.717) is 0 Å². The van der Waals surface area contributed by atoms with Crippen molar-refractivity contribution in [2.24, 2.45) is 5.92 Å². The Morgan fingerprint density at radius 3 is 1.94 bits per heavy atom. The molecule has 0 saturated heterocycles. The molecule has 0 radical (unpaired) electrons. The van der Waals surface area contributed by atoms with Crippen LogP contribution in [0.2, 0.25) is 0 Å². The number of unbranched alkanes of at least 4 members (excludes halogenated alkanes) is 6. The second-order valence-corrected chi connectivity index (χ2v) is 6.05. The molecule has 110 valence electrons. The van der Waals surface area contributed by atoms with E-state index in [1.54, 1.807) is 0 Å². The van der Waals surface area contributed by atoms with Gasteiger partial charge in [0.2, 0.25) is 0 Å². The maximum atomic E-state index is 4.24. The number of hydrogen-bond donors (Lipinski definition) is 1. The normalized spacial score (nSPS) is 13.2. The number of thiol groups is 1. The second kappa shape index (κ2) is 13.7. The van der Waals surface area contributed by atoms with Gasteiger partial charge in [-0.15, -0.1) is 0 Å². The lowest BCUT2D eigenvalue weighted by Gasteiger charge is -2.23. The van der Waals surface area contributed by atoms with Gasteiger partial charge in [0.05, 0.1) is 0 Å². The van der Waals surface area contributed by atoms with E-state index in [1.165, 1.54) is 71.0 Å². The average Bonchev–Trinajstić information content (AvgIpc) is 2.40. The van der Waals surface area contributed by atoms with Crippen molar-refractivity contribution in [2.45, 2.75) is 72.1 Å². The van der Waals surface area contributed by atoms with Gasteiger partial charge in [-0.3, -0.25) is 0 Å². The summed E-state index contributed by atoms with van der Waals surface area (Å²) in [7, 11) is 0. The van der Waals surface area contributed by atoms with Crippen LogP contribution in [0, 0.1) is 5.92 Å². The van der Waals surface area contributed by atoms with Crippen molar-refractivity contribution in [1.29, 1.82) is 0 Å². The van der Waals surface area contributed by atoms with E-state index in [9.17, 15) is 0 Å². The van der Waals surface area contributed by atoms with Gasteiger partial charge in [0.1, 0.15) is 0 Å². The summed E-state index contributed by atoms with van der Waals surface area (Å²) in [6, 6.07) is 0. The van der Waals surface area contributed by atoms with Gasteiger partial charge in [0, 0.05) is 6.54 Å². The quantitative estimate of drug-likeness (QED) is 0.364. The number of rotatable bonds is 13. The topological polar surface area (TPSA) is 3.24 Å². The summed E-state index contributed by atoms with van der Waals surface area (Å²) in [6.45, 7) is 10.8. The maximum absolute atomic E-state index is 4.24. The standard InChI is InChI=1S/C16H35NS/c1-4-16(3)15-17(5-2)13-11-9-7-6-8-10-12-14-18/h16,18H,4-15H2,1-3H3. The molecule has 0 aromatic rings. The molecule has 0 saturated carbocycles. The van der Waals surface area contributed by atoms with Gasteiger partial charge in [-0.1, -0.05) is 59.3 Å². The molecule has 0 fully saturated rings. The van der Waals surface area contributed by atoms with E-state index < -0.39 is 0 Å². The molecule has 18 heavy (non-hydrogen) atoms. The highest BCUT2D eigenvalue weighted by Crippen LogP contribution is 2.09. The molecule has 0 N–H and O–H groups in total. The van der Waals surface area contributed by atoms with Gasteiger partial charge in [-0.2, -0.15) is 12.6 Å². The third-order valence-corrected chi connectivity index (χ3v) is 4.16. The lowest BCUT2D eigenvalue weighted by atomic mass is 10.1. The highest BCUT2D eigenvalue weighted by molar-refractivity contribution is 7.80. The van der Waals surface area contributed by atoms with Crippen molar-refractivity contribution in [3.63, 3.8) is 0 Å². The molecule has 0 aliphatic rings. The molecule has 0 spiro atoms. The predicted molar refractivity (Wildman–Crippen MR) is 87.7 cm³/mol. The molecule has 0 aromatic heterocycles. The Morgan fingerprint density at radius 2 is 1.44 bits per heavy atom. The van der Waals surface area contributed by atoms with Gasteiger partial charge < -0.3 is 4.90 Å². The largest absolute Gasteiger partial charge is 0.303 e. The molecule has 2 heteroatoms. The summed E-state index contributed by atoms with van der Waals surface area (Å²) in [4.78, 5) is 2.62. The van der Waals surface area contributed by atoms with Crippen LogP contribution in [0.3, 0.4) is 0 Å². The Bertz CT molecular complexity index is 161. The SMILES string of the molecule is CCC(C)CN(CC)CCCCCCCCCS. The van der Waals surface area contributed by atoms with E-state index in [2.05, 4.69) is 38.3 Å². The maximum Gasteiger partial charge on any atom is 0.000680 e. The molecular formula is C16H35NS. The van der Waals surface area contributed by atoms with Gasteiger partial charge in [0.15, 0.2) is 0 Å². The monoisotopic (exact) mass is 273 g/mol. The first-order valence-corrected chi connectivity index (χ1v) is 8.71. The summed E-state index contributed by atoms with van der Waals surface area (Å²) >= 11 is 4.24. The summed E-state index contributed by atoms with van der Waals surface area (Å²) in [5, 5.41) is 0. The lowest BCUT2D eigenvalue weighted by molar-refractivity contribution is 0.240. The third kappa shape index (κ3) is 11.4. The van der Waals surface area contributed by atoms with Gasteiger partial charge in [-0.25, -0.2) is 0 Å². The van der Waals surface area contributed by atoms with Crippen LogP contribution < -0.4 is 0 Å². The molecule has 0 aliphatic heterocycles. The van der Waals surface area contributed by atoms with Crippen molar-refractivity contribution in [3.8, 4) is 0 Å². The Morgan fingerprint density at radius 1 is 0.889 bits per heavy atom. The molecule has 1 nitrogen and oxygen atoms in total. The van der Waals surface area contributed by atoms with Crippen molar-refractivity contribution in [1.82, 2.24) is 4.90 Å². The summed E-state index contributed by atoms with van der Waals surface area (Å²) in [5.41, 5.74) is 0. The fraction of sp³-hybridized carbons (Fsp3) is 1.00. The van der Waals surface area contributed by atoms with Crippen molar-refractivity contribution in [3.05, 3.63) is 0 Å². The summed E-state index contributed by atoms with van der Waals surface area (Å²) < 4.78 is 0. The molecule has 0 aliphatic carbocycles. The minimum absolute atomic E-state index is 0.853. The van der Waals surface area contributed by atoms with Crippen LogP contribution in [0.5, 0.6) is 0 Å². The Kier molecular flexibility index (Phi) is 14.0. The predicted octanol–water partition coefficient (Wildman–Crippen LogP) is 5.01. The van der Waals surface area contributed by atoms with E-state index in [0.717, 1.165) is 11.7 Å². The Balaban J connectivity index is 3.34. The smallest absolute Gasteiger partial charge is 0.000680 e. The van der Waals surface area contributed by atoms with Crippen LogP contribution in [0.1, 0.15) is 72.1 Å². The third-order valence-electron chi connectivity index (χ3n) is 3.85. The van der Waals surface area contributed by atoms with Crippen LogP contribution in [0.4, 0.5) is 0 Å². The Labute approximate surface area is 121 Å². The molecule has 0 aromatic carbocycles. The fourth-order valence-corrected chi connectivity index (χ4v) is 2.50. The Hall–Kier alpha value is 0.310. The number of hydrogen-bond acceptors (Lipinski definition) is 2. The second-order valence-electron chi connectivity index (χ2n) is 5.61. The minimum atomic E-state index is 0.853. The van der Waals surface area contributed by atoms with E-state index in [4.69, 9.17) is 0 Å². The van der Waals surface area contributed by atoms with Gasteiger partial charge in [0.25, 0.3) is 0 Å². The van der Waals surface area contributed by atoms with Crippen LogP contribution >= 0.6 is 12.6 Å². The zero-order valence-corrected chi connectivity index (χ0v) is 13.9. The first-order valence-electron chi connectivity index (χ1n) is 8.07. The van der Waals surface area contributed by atoms with Crippen LogP contribution in [-0.4, -0.2) is 30.3 Å². The highest BCUT2D eigenvalue weighted by atomic mass is 32.1. The van der Waals surface area contributed by atoms with Crippen LogP contribution in [0.25, 0.3) is 0 Å². The van der Waals surface area contributed by atoms with E-state index in [1.807, 2.05) is 0 Å². The molecule has 1 unspecified atom stereocenters. The minimum Gasteiger partial charge on any atom is -0.303 e. The van der Waals surface area contributed by atoms with Gasteiger partial charge in [-0.05, 0) is 37.6 Å². The highest BCUT2D eigenvalue weighted by Gasteiger charge is 2.06. The molecule has 1 atom stereocenters. The fourth-order valence-electron chi connectivity index (χ4n) is 2.28. The van der Waals surface area contributed by atoms with Gasteiger partial charge >= 0.3 is 0 Å². The van der Waals surface area contributed by atoms with Crippen LogP contribution in [-0.2, 0) is 0 Å². The summed E-state index contributed by atoms with van der Waals surface area (Å²) in [5.74, 6) is 1.91. The van der Waals surface area contributed by atoms with Crippen molar-refractivity contribution >= 4 is 12.6 Å². The van der Waals surface area contributed by atoms with Crippen molar-refractivity contribution < 1.29 is 0 Å². The lowest BCUT2D eigenvalue weighted by Crippen LogP contribution is -2.29. The van der Waals surface area contributed by atoms with E-state index >= 15 is 0 Å². The molecule has 0 amide bonds. The zero-order valence-electron chi connectivity index (χ0n) is 13.0. The number of nitrogens with zero attached hydrogens (tertiary/aromatic N) is 1. The molecular weight excluding hydrogens is 238 g/mol. The molecule has 0 rings (SSSR count). The van der Waals surface area contributed by atoms with Crippen molar-refractivity contribution in [2.75, 3.05) is 25.4 Å². The average molecular weight is 274 g/mol. The summed E-state index contributed by atoms with van der Waals surface area (Å²) in [6.07, 6.45) is 11.0.